The second-order valence-electron chi connectivity index (χ2n) is 11.0. The first kappa shape index (κ1) is 30.0. The van der Waals surface area contributed by atoms with Crippen molar-refractivity contribution in [2.24, 2.45) is 35.5 Å². The summed E-state index contributed by atoms with van der Waals surface area (Å²) in [7, 11) is 0. The lowest BCUT2D eigenvalue weighted by Gasteiger charge is -2.29. The summed E-state index contributed by atoms with van der Waals surface area (Å²) >= 11 is 0. The van der Waals surface area contributed by atoms with Gasteiger partial charge in [-0.3, -0.25) is 9.59 Å². The molecule has 0 saturated heterocycles. The Balaban J connectivity index is 2.32. The first-order valence-corrected chi connectivity index (χ1v) is 13.2. The summed E-state index contributed by atoms with van der Waals surface area (Å²) in [6.07, 6.45) is 6.31. The van der Waals surface area contributed by atoms with Gasteiger partial charge in [-0.15, -0.1) is 0 Å². The minimum Gasteiger partial charge on any atom is -0.481 e. The van der Waals surface area contributed by atoms with Crippen LogP contribution in [0.25, 0.3) is 0 Å². The maximum atomic E-state index is 12.8. The molecule has 2 aliphatic rings. The number of aliphatic hydroxyl groups excluding tert-OH is 3. The number of aliphatic carboxylic acids is 1. The quantitative estimate of drug-likeness (QED) is 0.425. The summed E-state index contributed by atoms with van der Waals surface area (Å²) in [5.74, 6) is -2.65. The van der Waals surface area contributed by atoms with Gasteiger partial charge >= 0.3 is 11.9 Å². The van der Waals surface area contributed by atoms with Gasteiger partial charge in [-0.1, -0.05) is 39.3 Å². The van der Waals surface area contributed by atoms with Crippen LogP contribution in [0.5, 0.6) is 0 Å². The van der Waals surface area contributed by atoms with Gasteiger partial charge in [0.25, 0.3) is 0 Å². The number of aliphatic hydroxyl groups is 3. The van der Waals surface area contributed by atoms with Gasteiger partial charge in [0.15, 0.2) is 0 Å². The highest BCUT2D eigenvalue weighted by Gasteiger charge is 2.39. The van der Waals surface area contributed by atoms with E-state index in [2.05, 4.69) is 6.07 Å². The summed E-state index contributed by atoms with van der Waals surface area (Å²) < 4.78 is 5.75. The van der Waals surface area contributed by atoms with E-state index in [1.807, 2.05) is 20.8 Å². The SMILES string of the molecule is C[C@H]1C[C@H](CO)C[C@@H](C)[C@H](O)/C(C#N)=C\C=C\C[C@@H]([C@@H]2CCC[C@H]2C(=O)O)OC(=O)C[C@H](O)[C@@H](C)C1. The number of allylic oxidation sites excluding steroid dienone is 2. The molecule has 0 aromatic carbocycles. The van der Waals surface area contributed by atoms with Gasteiger partial charge in [-0.2, -0.15) is 5.26 Å². The van der Waals surface area contributed by atoms with Crippen molar-refractivity contribution in [2.75, 3.05) is 6.61 Å². The Morgan fingerprint density at radius 1 is 1.14 bits per heavy atom. The molecular formula is C28H43NO7. The van der Waals surface area contributed by atoms with Crippen LogP contribution >= 0.6 is 0 Å². The number of ether oxygens (including phenoxy) is 1. The molecule has 1 fully saturated rings. The predicted molar refractivity (Wildman–Crippen MR) is 134 cm³/mol. The van der Waals surface area contributed by atoms with Gasteiger partial charge in [-0.25, -0.2) is 0 Å². The van der Waals surface area contributed by atoms with Crippen molar-refractivity contribution in [3.05, 3.63) is 23.8 Å². The molecule has 8 heteroatoms. The van der Waals surface area contributed by atoms with Crippen molar-refractivity contribution in [1.82, 2.24) is 0 Å². The number of carboxylic acid groups (broad SMARTS) is 1. The van der Waals surface area contributed by atoms with Crippen LogP contribution in [0.4, 0.5) is 0 Å². The van der Waals surface area contributed by atoms with Crippen molar-refractivity contribution >= 4 is 11.9 Å². The molecule has 2 rings (SSSR count). The van der Waals surface area contributed by atoms with Crippen LogP contribution in [0.15, 0.2) is 23.8 Å². The number of carboxylic acids is 1. The van der Waals surface area contributed by atoms with Gasteiger partial charge in [0.1, 0.15) is 6.10 Å². The first-order chi connectivity index (χ1) is 17.1. The van der Waals surface area contributed by atoms with Crippen molar-refractivity contribution in [3.63, 3.8) is 0 Å². The van der Waals surface area contributed by atoms with Crippen molar-refractivity contribution < 1.29 is 34.8 Å². The fraction of sp³-hybridized carbons (Fsp3) is 0.750. The molecule has 1 aliphatic carbocycles. The van der Waals surface area contributed by atoms with Crippen molar-refractivity contribution in [1.29, 1.82) is 5.26 Å². The number of hydrogen-bond donors (Lipinski definition) is 4. The number of cyclic esters (lactones) is 1. The normalized spacial score (nSPS) is 40.1. The summed E-state index contributed by atoms with van der Waals surface area (Å²) in [6.45, 7) is 5.75. The molecule has 1 saturated carbocycles. The maximum absolute atomic E-state index is 12.8. The Bertz CT molecular complexity index is 832. The van der Waals surface area contributed by atoms with E-state index in [0.29, 0.717) is 32.1 Å². The predicted octanol–water partition coefficient (Wildman–Crippen LogP) is 3.61. The standard InChI is InChI=1S/C28H43NO7/c1-17-11-18(2)24(31)14-26(32)36-25(22-8-6-9-23(22)28(34)35)10-5-4-7-21(15-29)27(33)19(3)13-20(12-17)16-30/h4-5,7,17-20,22-25,27,30-31,33H,6,8-14,16H2,1-3H3,(H,34,35)/b5-4+,21-7-/t17-,18+,19-,20+,22-,23-,24+,25+,27+/m1/s1. The molecule has 1 aliphatic heterocycles. The number of nitrogens with zero attached hydrogens (tertiary/aromatic N) is 1. The zero-order valence-corrected chi connectivity index (χ0v) is 21.8. The molecule has 4 N–H and O–H groups in total. The van der Waals surface area contributed by atoms with Gasteiger partial charge in [0.05, 0.1) is 36.2 Å². The molecule has 0 radical (unpaired) electrons. The molecule has 0 aromatic rings. The molecule has 1 heterocycles. The highest BCUT2D eigenvalue weighted by molar-refractivity contribution is 5.72. The highest BCUT2D eigenvalue weighted by atomic mass is 16.5. The van der Waals surface area contributed by atoms with Crippen molar-refractivity contribution in [2.45, 2.75) is 90.4 Å². The lowest BCUT2D eigenvalue weighted by atomic mass is 9.81. The van der Waals surface area contributed by atoms with Crippen LogP contribution in [-0.2, 0) is 14.3 Å². The van der Waals surface area contributed by atoms with E-state index in [4.69, 9.17) is 4.74 Å². The number of rotatable bonds is 3. The zero-order chi connectivity index (χ0) is 26.8. The number of carbonyl (C=O) groups excluding carboxylic acids is 1. The zero-order valence-electron chi connectivity index (χ0n) is 21.8. The minimum absolute atomic E-state index is 0.0317. The van der Waals surface area contributed by atoms with E-state index in [9.17, 15) is 35.3 Å². The highest BCUT2D eigenvalue weighted by Crippen LogP contribution is 2.37. The molecule has 9 atom stereocenters. The first-order valence-electron chi connectivity index (χ1n) is 13.2. The fourth-order valence-electron chi connectivity index (χ4n) is 5.89. The Hall–Kier alpha value is -2.21. The van der Waals surface area contributed by atoms with Gasteiger partial charge in [0, 0.05) is 18.9 Å². The topological polar surface area (TPSA) is 148 Å². The third-order valence-electron chi connectivity index (χ3n) is 7.92. The molecular weight excluding hydrogens is 462 g/mol. The number of esters is 1. The average Bonchev–Trinajstić information content (AvgIpc) is 3.32. The smallest absolute Gasteiger partial charge is 0.308 e. The Morgan fingerprint density at radius 2 is 1.86 bits per heavy atom. The van der Waals surface area contributed by atoms with E-state index < -0.39 is 36.2 Å². The third kappa shape index (κ3) is 8.72. The second kappa shape index (κ2) is 14.5. The Morgan fingerprint density at radius 3 is 2.50 bits per heavy atom. The van der Waals surface area contributed by atoms with Crippen molar-refractivity contribution in [3.8, 4) is 6.07 Å². The van der Waals surface area contributed by atoms with E-state index in [1.54, 1.807) is 12.2 Å². The van der Waals surface area contributed by atoms with Crippen LogP contribution < -0.4 is 0 Å². The largest absolute Gasteiger partial charge is 0.481 e. The number of hydrogen-bond acceptors (Lipinski definition) is 7. The van der Waals surface area contributed by atoms with E-state index >= 15 is 0 Å². The molecule has 0 bridgehead atoms. The summed E-state index contributed by atoms with van der Waals surface area (Å²) in [5, 5.41) is 50.6. The molecule has 202 valence electrons. The van der Waals surface area contributed by atoms with Crippen LogP contribution in [0.1, 0.15) is 72.1 Å². The third-order valence-corrected chi connectivity index (χ3v) is 7.92. The molecule has 0 spiro atoms. The summed E-state index contributed by atoms with van der Waals surface area (Å²) in [5.41, 5.74) is 0.208. The molecule has 36 heavy (non-hydrogen) atoms. The van der Waals surface area contributed by atoms with E-state index in [0.717, 1.165) is 6.42 Å². The summed E-state index contributed by atoms with van der Waals surface area (Å²) in [4.78, 5) is 24.5. The second-order valence-corrected chi connectivity index (χ2v) is 11.0. The van der Waals surface area contributed by atoms with Crippen LogP contribution in [-0.4, -0.2) is 57.3 Å². The lowest BCUT2D eigenvalue weighted by Crippen LogP contribution is -2.34. The lowest BCUT2D eigenvalue weighted by molar-refractivity contribution is -0.159. The van der Waals surface area contributed by atoms with Crippen LogP contribution in [0, 0.1) is 46.8 Å². The summed E-state index contributed by atoms with van der Waals surface area (Å²) in [6, 6.07) is 2.06. The fourth-order valence-corrected chi connectivity index (χ4v) is 5.89. The van der Waals surface area contributed by atoms with Crippen LogP contribution in [0.2, 0.25) is 0 Å². The van der Waals surface area contributed by atoms with Crippen LogP contribution in [0.3, 0.4) is 0 Å². The number of carbonyl (C=O) groups is 2. The molecule has 0 aromatic heterocycles. The molecule has 0 amide bonds. The minimum atomic E-state index is -0.983. The Kier molecular flexibility index (Phi) is 12.1. The van der Waals surface area contributed by atoms with E-state index in [-0.39, 0.29) is 54.6 Å². The Labute approximate surface area is 214 Å². The average molecular weight is 506 g/mol. The van der Waals surface area contributed by atoms with E-state index in [1.165, 1.54) is 6.08 Å². The van der Waals surface area contributed by atoms with Gasteiger partial charge in [-0.05, 0) is 61.9 Å². The van der Waals surface area contributed by atoms with Gasteiger partial charge in [0.2, 0.25) is 0 Å². The molecule has 0 unspecified atom stereocenters. The maximum Gasteiger partial charge on any atom is 0.308 e. The number of nitriles is 1. The monoisotopic (exact) mass is 505 g/mol. The van der Waals surface area contributed by atoms with Gasteiger partial charge < -0.3 is 25.2 Å². The molecule has 8 nitrogen and oxygen atoms in total.